The van der Waals surface area contributed by atoms with Gasteiger partial charge in [-0.3, -0.25) is 9.59 Å². The van der Waals surface area contributed by atoms with Gasteiger partial charge in [0.05, 0.1) is 7.11 Å². The first kappa shape index (κ1) is 22.7. The zero-order chi connectivity index (χ0) is 24.1. The first-order chi connectivity index (χ1) is 16.4. The van der Waals surface area contributed by atoms with Gasteiger partial charge in [-0.2, -0.15) is 10.5 Å². The number of benzene rings is 3. The van der Waals surface area contributed by atoms with Crippen LogP contribution in [0.5, 0.6) is 5.75 Å². The molecule has 0 saturated heterocycles. The topological polar surface area (TPSA) is 94.8 Å². The van der Waals surface area contributed by atoms with Crippen LogP contribution in [-0.2, 0) is 18.9 Å². The van der Waals surface area contributed by atoms with Crippen LogP contribution in [0.4, 0.5) is 11.4 Å². The smallest absolute Gasteiger partial charge is 0.617 e. The zero-order valence-electron chi connectivity index (χ0n) is 19.0. The maximum atomic E-state index is 12.3. The van der Waals surface area contributed by atoms with Crippen LogP contribution in [0, 0.1) is 0 Å². The second-order valence-corrected chi connectivity index (χ2v) is 7.46. The molecule has 0 aromatic heterocycles. The minimum Gasteiger partial charge on any atom is -0.618 e. The Kier molecular flexibility index (Phi) is 6.40. The lowest BCUT2D eigenvalue weighted by molar-refractivity contribution is -0.139. The monoisotopic (exact) mass is 458 g/mol. The van der Waals surface area contributed by atoms with Crippen molar-refractivity contribution in [3.63, 3.8) is 0 Å². The van der Waals surface area contributed by atoms with Gasteiger partial charge in [0.2, 0.25) is 0 Å². The second kappa shape index (κ2) is 9.57. The van der Waals surface area contributed by atoms with Crippen molar-refractivity contribution in [3.05, 3.63) is 90.5 Å². The predicted molar refractivity (Wildman–Crippen MR) is 129 cm³/mol. The molecule has 0 saturated carbocycles. The highest BCUT2D eigenvalue weighted by Crippen LogP contribution is 2.33. The van der Waals surface area contributed by atoms with Gasteiger partial charge in [-0.25, -0.2) is 0 Å². The van der Waals surface area contributed by atoms with Crippen LogP contribution in [-0.4, -0.2) is 31.7 Å². The van der Waals surface area contributed by atoms with Crippen molar-refractivity contribution in [2.75, 3.05) is 16.9 Å². The first-order valence-corrected chi connectivity index (χ1v) is 10.6. The summed E-state index contributed by atoms with van der Waals surface area (Å²) in [6, 6.07) is 25.2. The number of carbonyl (C=O) groups is 2. The van der Waals surface area contributed by atoms with Crippen molar-refractivity contribution in [2.45, 2.75) is 13.8 Å². The number of hydrazone groups is 1. The lowest BCUT2D eigenvalue weighted by Gasteiger charge is -2.54. The summed E-state index contributed by atoms with van der Waals surface area (Å²) in [6.45, 7) is -0.571. The molecular weight excluding hydrogens is 435 g/mol. The Labute approximate surface area is 197 Å². The summed E-state index contributed by atoms with van der Waals surface area (Å²) in [5, 5.41) is 4.69. The molecule has 0 fully saturated rings. The molecule has 1 aliphatic heterocycles. The van der Waals surface area contributed by atoms with E-state index in [1.165, 1.54) is 23.7 Å². The van der Waals surface area contributed by atoms with Gasteiger partial charge in [0.25, 0.3) is 11.9 Å². The molecule has 1 radical (unpaired) electrons. The minimum atomic E-state index is -3.05. The van der Waals surface area contributed by atoms with Gasteiger partial charge in [0.15, 0.2) is 5.84 Å². The number of rotatable bonds is 6. The van der Waals surface area contributed by atoms with Gasteiger partial charge in [-0.1, -0.05) is 36.4 Å². The minimum absolute atomic E-state index is 0.312. The molecule has 0 bridgehead atoms. The molecule has 3 aromatic carbocycles. The summed E-state index contributed by atoms with van der Waals surface area (Å²) in [5.41, 5.74) is 6.43. The number of hydrogen-bond donors (Lipinski definition) is 0. The molecule has 0 spiro atoms. The van der Waals surface area contributed by atoms with Gasteiger partial charge in [0.1, 0.15) is 5.75 Å². The molecule has 34 heavy (non-hydrogen) atoms. The van der Waals surface area contributed by atoms with Crippen molar-refractivity contribution in [2.24, 2.45) is 5.10 Å². The number of hydrogen-bond acceptors (Lipinski definition) is 8. The number of para-hydroxylation sites is 2. The maximum Gasteiger partial charge on any atom is 0.617 e. The molecular formula is C24H23BN4O5-. The lowest BCUT2D eigenvalue weighted by Crippen LogP contribution is -2.75. The molecule has 3 aromatic rings. The first-order valence-electron chi connectivity index (χ1n) is 10.6. The number of carbonyl (C=O) groups excluding carboxylic acids is 2. The zero-order valence-corrected chi connectivity index (χ0v) is 19.0. The van der Waals surface area contributed by atoms with Crippen molar-refractivity contribution in [3.8, 4) is 5.75 Å². The summed E-state index contributed by atoms with van der Waals surface area (Å²) in [6.07, 6.45) is 0. The Bertz CT molecular complexity index is 1170. The molecule has 9 nitrogen and oxygen atoms in total. The third-order valence-electron chi connectivity index (χ3n) is 5.05. The SMILES string of the molecule is COc1ccc(C2=NN(c3ccccc3)[B-](OC(C)=O)(OC(C)=O)N(c3ccccc3)[N]2)cc1. The van der Waals surface area contributed by atoms with Gasteiger partial charge in [-0.15, -0.1) is 0 Å². The number of ether oxygens (including phenoxy) is 1. The van der Waals surface area contributed by atoms with Crippen LogP contribution in [0.3, 0.4) is 0 Å². The number of anilines is 2. The average molecular weight is 458 g/mol. The van der Waals surface area contributed by atoms with E-state index in [0.29, 0.717) is 28.5 Å². The molecule has 0 aliphatic carbocycles. The van der Waals surface area contributed by atoms with Crippen LogP contribution in [0.25, 0.3) is 0 Å². The van der Waals surface area contributed by atoms with E-state index < -0.39 is 18.8 Å². The fourth-order valence-corrected chi connectivity index (χ4v) is 3.64. The van der Waals surface area contributed by atoms with E-state index in [1.807, 2.05) is 24.3 Å². The van der Waals surface area contributed by atoms with Gasteiger partial charge < -0.3 is 23.9 Å². The van der Waals surface area contributed by atoms with E-state index in [2.05, 4.69) is 10.5 Å². The normalized spacial score (nSPS) is 14.5. The van der Waals surface area contributed by atoms with Crippen molar-refractivity contribution in [1.29, 1.82) is 0 Å². The highest BCUT2D eigenvalue weighted by atomic mass is 16.7. The van der Waals surface area contributed by atoms with Crippen LogP contribution < -0.4 is 20.0 Å². The average Bonchev–Trinajstić information content (AvgIpc) is 2.84. The molecule has 0 amide bonds. The number of methoxy groups -OCH3 is 1. The van der Waals surface area contributed by atoms with E-state index in [4.69, 9.17) is 14.0 Å². The summed E-state index contributed by atoms with van der Waals surface area (Å²) in [4.78, 5) is 27.4. The Hall–Kier alpha value is -4.47. The Morgan fingerprint density at radius 1 is 0.735 bits per heavy atom. The van der Waals surface area contributed by atoms with Crippen molar-refractivity contribution < 1.29 is 23.6 Å². The summed E-state index contributed by atoms with van der Waals surface area (Å²) < 4.78 is 16.8. The Morgan fingerprint density at radius 2 is 1.24 bits per heavy atom. The van der Waals surface area contributed by atoms with E-state index in [0.717, 1.165) is 0 Å². The lowest BCUT2D eigenvalue weighted by atomic mass is 9.82. The molecule has 173 valence electrons. The number of amidine groups is 1. The summed E-state index contributed by atoms with van der Waals surface area (Å²) in [5.74, 6) is -0.339. The quantitative estimate of drug-likeness (QED) is 0.522. The van der Waals surface area contributed by atoms with E-state index >= 15 is 0 Å². The number of nitrogens with zero attached hydrogens (tertiary/aromatic N) is 4. The highest BCUT2D eigenvalue weighted by Gasteiger charge is 2.53. The van der Waals surface area contributed by atoms with Crippen LogP contribution >= 0.6 is 0 Å². The van der Waals surface area contributed by atoms with E-state index in [9.17, 15) is 9.59 Å². The van der Waals surface area contributed by atoms with Gasteiger partial charge >= 0.3 is 6.82 Å². The fraction of sp³-hybridized carbons (Fsp3) is 0.125. The largest absolute Gasteiger partial charge is 0.618 e. The standard InChI is InChI=1S/C24H23BN4O5/c1-18(30)33-25(34-19(2)31)28(21-10-6-4-7-11-21)26-24(20-14-16-23(32-3)17-15-20)27-29(25)22-12-8-5-9-13-22/h4-17H,1-3H3/q-1. The van der Waals surface area contributed by atoms with Gasteiger partial charge in [0, 0.05) is 30.8 Å². The Morgan fingerprint density at radius 3 is 1.71 bits per heavy atom. The molecule has 0 unspecified atom stereocenters. The predicted octanol–water partition coefficient (Wildman–Crippen LogP) is 3.46. The van der Waals surface area contributed by atoms with E-state index in [1.54, 1.807) is 67.8 Å². The summed E-state index contributed by atoms with van der Waals surface area (Å²) >= 11 is 0. The molecule has 0 atom stereocenters. The molecule has 10 heteroatoms. The van der Waals surface area contributed by atoms with Crippen molar-refractivity contribution >= 4 is 36.0 Å². The molecule has 1 aliphatic rings. The third kappa shape index (κ3) is 4.51. The maximum absolute atomic E-state index is 12.3. The third-order valence-corrected chi connectivity index (χ3v) is 5.05. The Balaban J connectivity index is 1.96. The molecule has 0 N–H and O–H groups in total. The highest BCUT2D eigenvalue weighted by molar-refractivity contribution is 6.78. The van der Waals surface area contributed by atoms with Crippen molar-refractivity contribution in [1.82, 2.24) is 5.43 Å². The van der Waals surface area contributed by atoms with Gasteiger partial charge in [-0.05, 0) is 48.5 Å². The fourth-order valence-electron chi connectivity index (χ4n) is 3.64. The van der Waals surface area contributed by atoms with Crippen LogP contribution in [0.15, 0.2) is 90.0 Å². The van der Waals surface area contributed by atoms with Crippen LogP contribution in [0.1, 0.15) is 19.4 Å². The van der Waals surface area contributed by atoms with Crippen LogP contribution in [0.2, 0.25) is 0 Å². The molecule has 4 rings (SSSR count). The summed E-state index contributed by atoms with van der Waals surface area (Å²) in [7, 11) is 1.58. The second-order valence-electron chi connectivity index (χ2n) is 7.46. The van der Waals surface area contributed by atoms with E-state index in [-0.39, 0.29) is 0 Å². The molecule has 1 heterocycles.